The maximum atomic E-state index is 13.5. The van der Waals surface area contributed by atoms with Gasteiger partial charge in [-0.25, -0.2) is 4.39 Å². The fourth-order valence-corrected chi connectivity index (χ4v) is 2.61. The molecule has 6 heteroatoms. The Morgan fingerprint density at radius 2 is 2.11 bits per heavy atom. The summed E-state index contributed by atoms with van der Waals surface area (Å²) >= 11 is 5.66. The molecule has 0 radical (unpaired) electrons. The number of carbonyl (C=O) groups is 1. The Hall–Kier alpha value is -0.840. The predicted molar refractivity (Wildman–Crippen MR) is 76.0 cm³/mol. The average molecular weight is 307 g/mol. The molecule has 1 heterocycles. The van der Waals surface area contributed by atoms with E-state index in [2.05, 4.69) is 0 Å². The van der Waals surface area contributed by atoms with Crippen molar-refractivity contribution in [2.75, 3.05) is 0 Å². The van der Waals surface area contributed by atoms with E-state index in [1.165, 1.54) is 12.1 Å². The summed E-state index contributed by atoms with van der Waals surface area (Å²) in [5.41, 5.74) is 6.70. The summed E-state index contributed by atoms with van der Waals surface area (Å²) in [6.07, 6.45) is 0.299. The quantitative estimate of drug-likeness (QED) is 0.913. The molecule has 1 amide bonds. The third-order valence-corrected chi connectivity index (χ3v) is 3.55. The van der Waals surface area contributed by atoms with Crippen molar-refractivity contribution in [1.82, 2.24) is 4.90 Å². The lowest BCUT2D eigenvalue weighted by Crippen LogP contribution is -2.37. The third kappa shape index (κ3) is 3.02. The Balaban J connectivity index is 0.00000180. The van der Waals surface area contributed by atoms with Gasteiger partial charge in [0.2, 0.25) is 5.91 Å². The van der Waals surface area contributed by atoms with Gasteiger partial charge in [0.15, 0.2) is 0 Å². The molecule has 0 aromatic heterocycles. The van der Waals surface area contributed by atoms with Gasteiger partial charge in [-0.3, -0.25) is 4.79 Å². The summed E-state index contributed by atoms with van der Waals surface area (Å²) in [7, 11) is 0. The first kappa shape index (κ1) is 16.2. The van der Waals surface area contributed by atoms with Crippen LogP contribution in [0.5, 0.6) is 0 Å². The number of carbonyl (C=O) groups excluding carboxylic acids is 1. The zero-order valence-electron chi connectivity index (χ0n) is 10.8. The molecule has 0 saturated carbocycles. The van der Waals surface area contributed by atoms with Crippen molar-refractivity contribution in [2.24, 2.45) is 5.73 Å². The molecule has 1 fully saturated rings. The zero-order valence-corrected chi connectivity index (χ0v) is 12.3. The lowest BCUT2D eigenvalue weighted by atomic mass is 10.00. The van der Waals surface area contributed by atoms with Crippen LogP contribution in [0.25, 0.3) is 0 Å². The van der Waals surface area contributed by atoms with Gasteiger partial charge in [0.05, 0.1) is 11.1 Å². The summed E-state index contributed by atoms with van der Waals surface area (Å²) < 4.78 is 13.5. The molecule has 0 spiro atoms. The van der Waals surface area contributed by atoms with E-state index in [0.29, 0.717) is 12.0 Å². The van der Waals surface area contributed by atoms with E-state index in [-0.39, 0.29) is 41.5 Å². The van der Waals surface area contributed by atoms with Crippen LogP contribution in [0.4, 0.5) is 4.39 Å². The molecule has 1 aromatic rings. The molecule has 0 unspecified atom stereocenters. The Morgan fingerprint density at radius 1 is 1.47 bits per heavy atom. The normalized spacial score (nSPS) is 22.8. The SMILES string of the molecule is CC(C)N1C(=O)C[C@H](N)[C@H]1c1ccc(Cl)c(F)c1.Cl. The maximum absolute atomic E-state index is 13.5. The van der Waals surface area contributed by atoms with Crippen molar-refractivity contribution in [3.63, 3.8) is 0 Å². The zero-order chi connectivity index (χ0) is 13.4. The number of rotatable bonds is 2. The van der Waals surface area contributed by atoms with E-state index in [4.69, 9.17) is 17.3 Å². The number of nitrogens with two attached hydrogens (primary N) is 1. The summed E-state index contributed by atoms with van der Waals surface area (Å²) in [5, 5.41) is 0.0766. The fraction of sp³-hybridized carbons (Fsp3) is 0.462. The number of hydrogen-bond donors (Lipinski definition) is 1. The largest absolute Gasteiger partial charge is 0.332 e. The first-order valence-electron chi connectivity index (χ1n) is 5.93. The predicted octanol–water partition coefficient (Wildman–Crippen LogP) is 2.91. The summed E-state index contributed by atoms with van der Waals surface area (Å²) in [5.74, 6) is -0.470. The molecule has 2 N–H and O–H groups in total. The highest BCUT2D eigenvalue weighted by Gasteiger charge is 2.40. The number of amides is 1. The highest BCUT2D eigenvalue weighted by molar-refractivity contribution is 6.30. The summed E-state index contributed by atoms with van der Waals surface area (Å²) in [6.45, 7) is 3.85. The van der Waals surface area contributed by atoms with Gasteiger partial charge < -0.3 is 10.6 Å². The highest BCUT2D eigenvalue weighted by Crippen LogP contribution is 2.34. The van der Waals surface area contributed by atoms with Gasteiger partial charge in [0, 0.05) is 18.5 Å². The summed E-state index contributed by atoms with van der Waals surface area (Å²) in [4.78, 5) is 13.6. The van der Waals surface area contributed by atoms with E-state index < -0.39 is 5.82 Å². The lowest BCUT2D eigenvalue weighted by Gasteiger charge is -2.30. The molecule has 2 atom stereocenters. The van der Waals surface area contributed by atoms with Crippen LogP contribution in [0.15, 0.2) is 18.2 Å². The van der Waals surface area contributed by atoms with Crippen molar-refractivity contribution in [2.45, 2.75) is 38.4 Å². The number of halogens is 3. The fourth-order valence-electron chi connectivity index (χ4n) is 2.49. The third-order valence-electron chi connectivity index (χ3n) is 3.25. The minimum Gasteiger partial charge on any atom is -0.332 e. The van der Waals surface area contributed by atoms with Crippen LogP contribution in [0.1, 0.15) is 31.9 Å². The topological polar surface area (TPSA) is 46.3 Å². The smallest absolute Gasteiger partial charge is 0.225 e. The number of nitrogens with zero attached hydrogens (tertiary/aromatic N) is 1. The van der Waals surface area contributed by atoms with Gasteiger partial charge in [-0.15, -0.1) is 12.4 Å². The Morgan fingerprint density at radius 3 is 2.63 bits per heavy atom. The minimum atomic E-state index is -0.482. The van der Waals surface area contributed by atoms with Gasteiger partial charge in [0.1, 0.15) is 5.82 Å². The van der Waals surface area contributed by atoms with Crippen LogP contribution in [0.3, 0.4) is 0 Å². The van der Waals surface area contributed by atoms with E-state index in [9.17, 15) is 9.18 Å². The second kappa shape index (κ2) is 6.07. The maximum Gasteiger partial charge on any atom is 0.225 e. The van der Waals surface area contributed by atoms with Crippen molar-refractivity contribution in [3.05, 3.63) is 34.6 Å². The first-order valence-corrected chi connectivity index (χ1v) is 6.31. The van der Waals surface area contributed by atoms with E-state index in [0.717, 1.165) is 0 Å². The van der Waals surface area contributed by atoms with Crippen LogP contribution in [0.2, 0.25) is 5.02 Å². The molecule has 2 rings (SSSR count). The van der Waals surface area contributed by atoms with Crippen molar-refractivity contribution < 1.29 is 9.18 Å². The summed E-state index contributed by atoms with van der Waals surface area (Å²) in [6, 6.07) is 4.05. The van der Waals surface area contributed by atoms with Crippen LogP contribution in [0, 0.1) is 5.82 Å². The van der Waals surface area contributed by atoms with Gasteiger partial charge in [-0.1, -0.05) is 17.7 Å². The van der Waals surface area contributed by atoms with Gasteiger partial charge in [-0.2, -0.15) is 0 Å². The number of benzene rings is 1. The van der Waals surface area contributed by atoms with Crippen molar-refractivity contribution >= 4 is 29.9 Å². The first-order chi connectivity index (χ1) is 8.41. The van der Waals surface area contributed by atoms with Gasteiger partial charge in [-0.05, 0) is 31.5 Å². The molecular weight excluding hydrogens is 290 g/mol. The van der Waals surface area contributed by atoms with Crippen molar-refractivity contribution in [1.29, 1.82) is 0 Å². The highest BCUT2D eigenvalue weighted by atomic mass is 35.5. The van der Waals surface area contributed by atoms with E-state index in [1.54, 1.807) is 11.0 Å². The second-order valence-electron chi connectivity index (χ2n) is 4.88. The lowest BCUT2D eigenvalue weighted by molar-refractivity contribution is -0.130. The second-order valence-corrected chi connectivity index (χ2v) is 5.29. The van der Waals surface area contributed by atoms with E-state index in [1.807, 2.05) is 13.8 Å². The molecule has 3 nitrogen and oxygen atoms in total. The molecule has 1 aliphatic heterocycles. The van der Waals surface area contributed by atoms with E-state index >= 15 is 0 Å². The number of likely N-dealkylation sites (tertiary alicyclic amines) is 1. The van der Waals surface area contributed by atoms with Crippen LogP contribution < -0.4 is 5.73 Å². The molecule has 1 aromatic carbocycles. The molecule has 19 heavy (non-hydrogen) atoms. The van der Waals surface area contributed by atoms with Gasteiger partial charge in [0.25, 0.3) is 0 Å². The van der Waals surface area contributed by atoms with Crippen LogP contribution in [-0.4, -0.2) is 22.9 Å². The average Bonchev–Trinajstić information content (AvgIpc) is 2.57. The van der Waals surface area contributed by atoms with Crippen LogP contribution >= 0.6 is 24.0 Å². The monoisotopic (exact) mass is 306 g/mol. The molecule has 1 aliphatic rings. The molecule has 106 valence electrons. The molecule has 0 bridgehead atoms. The van der Waals surface area contributed by atoms with Crippen molar-refractivity contribution in [3.8, 4) is 0 Å². The standard InChI is InChI=1S/C13H16ClFN2O.ClH/c1-7(2)17-12(18)6-11(16)13(17)8-3-4-9(14)10(15)5-8;/h3-5,7,11,13H,6,16H2,1-2H3;1H/t11-,13+;/m0./s1. The minimum absolute atomic E-state index is 0. The molecule has 0 aliphatic carbocycles. The van der Waals surface area contributed by atoms with Crippen LogP contribution in [-0.2, 0) is 4.79 Å². The van der Waals surface area contributed by atoms with Gasteiger partial charge >= 0.3 is 0 Å². The number of hydrogen-bond acceptors (Lipinski definition) is 2. The Labute approximate surface area is 123 Å². The molecular formula is C13H17Cl2FN2O. The Kier molecular flexibility index (Phi) is 5.18. The molecule has 1 saturated heterocycles. The Bertz CT molecular complexity index is 482.